The molecule has 0 radical (unpaired) electrons. The molecule has 0 aliphatic heterocycles. The predicted molar refractivity (Wildman–Crippen MR) is 46.4 cm³/mol. The molecule has 0 N–H and O–H groups in total. The summed E-state index contributed by atoms with van der Waals surface area (Å²) >= 11 is 5.83. The number of halogens is 1. The molecule has 5 heteroatoms. The molecule has 0 saturated heterocycles. The van der Waals surface area contributed by atoms with Crippen LogP contribution in [0, 0.1) is 6.92 Å². The van der Waals surface area contributed by atoms with Crippen LogP contribution in [-0.4, -0.2) is 18.1 Å². The smallest absolute Gasteiger partial charge is 0.293 e. The number of pyridine rings is 1. The Balaban J connectivity index is 3.01. The van der Waals surface area contributed by atoms with Gasteiger partial charge in [-0.2, -0.15) is 4.89 Å². The molecule has 13 heavy (non-hydrogen) atoms. The molecule has 0 aliphatic carbocycles. The minimum absolute atomic E-state index is 0.198. The van der Waals surface area contributed by atoms with Crippen LogP contribution in [0.2, 0.25) is 5.02 Å². The Morgan fingerprint density at radius 1 is 1.54 bits per heavy atom. The van der Waals surface area contributed by atoms with Gasteiger partial charge in [-0.25, -0.2) is 4.79 Å². The van der Waals surface area contributed by atoms with Crippen LogP contribution in [0.3, 0.4) is 0 Å². The summed E-state index contributed by atoms with van der Waals surface area (Å²) in [6, 6.07) is 0. The van der Waals surface area contributed by atoms with Crippen LogP contribution in [0.4, 0.5) is 0 Å². The van der Waals surface area contributed by atoms with Crippen LogP contribution in [0.25, 0.3) is 0 Å². The van der Waals surface area contributed by atoms with E-state index in [1.165, 1.54) is 13.3 Å². The van der Waals surface area contributed by atoms with Crippen molar-refractivity contribution >= 4 is 17.6 Å². The van der Waals surface area contributed by atoms with E-state index in [0.717, 1.165) is 0 Å². The Bertz CT molecular complexity index is 327. The molecule has 4 nitrogen and oxygen atoms in total. The highest BCUT2D eigenvalue weighted by atomic mass is 35.5. The Morgan fingerprint density at radius 2 is 2.23 bits per heavy atom. The molecule has 0 atom stereocenters. The van der Waals surface area contributed by atoms with E-state index in [-0.39, 0.29) is 5.56 Å². The first-order valence-corrected chi connectivity index (χ1v) is 3.89. The summed E-state index contributed by atoms with van der Waals surface area (Å²) in [5, 5.41) is 0.331. The van der Waals surface area contributed by atoms with Crippen molar-refractivity contribution in [2.24, 2.45) is 0 Å². The van der Waals surface area contributed by atoms with E-state index in [2.05, 4.69) is 14.8 Å². The van der Waals surface area contributed by atoms with Crippen molar-refractivity contribution in [3.05, 3.63) is 28.5 Å². The maximum Gasteiger partial charge on any atom is 0.376 e. The van der Waals surface area contributed by atoms with E-state index in [0.29, 0.717) is 10.6 Å². The molecular weight excluding hydrogens is 194 g/mol. The average molecular weight is 202 g/mol. The molecule has 0 spiro atoms. The number of rotatable bonds is 2. The summed E-state index contributed by atoms with van der Waals surface area (Å²) in [6.45, 7) is 1.75. The number of aromatic nitrogens is 1. The van der Waals surface area contributed by atoms with Crippen LogP contribution in [0.15, 0.2) is 12.4 Å². The lowest BCUT2D eigenvalue weighted by Gasteiger charge is -2.03. The van der Waals surface area contributed by atoms with Gasteiger partial charge >= 0.3 is 5.97 Å². The van der Waals surface area contributed by atoms with E-state index in [9.17, 15) is 4.79 Å². The molecule has 1 aromatic rings. The van der Waals surface area contributed by atoms with Gasteiger partial charge < -0.3 is 0 Å². The number of carbonyl (C=O) groups is 1. The van der Waals surface area contributed by atoms with Gasteiger partial charge in [0.25, 0.3) is 0 Å². The highest BCUT2D eigenvalue weighted by Crippen LogP contribution is 2.19. The van der Waals surface area contributed by atoms with Crippen LogP contribution >= 0.6 is 11.6 Å². The highest BCUT2D eigenvalue weighted by molar-refractivity contribution is 6.34. The van der Waals surface area contributed by atoms with Crippen molar-refractivity contribution in [3.63, 3.8) is 0 Å². The third kappa shape index (κ3) is 2.17. The maximum absolute atomic E-state index is 11.1. The van der Waals surface area contributed by atoms with Gasteiger partial charge in [-0.1, -0.05) is 11.6 Å². The summed E-state index contributed by atoms with van der Waals surface area (Å²) < 4.78 is 0. The van der Waals surface area contributed by atoms with Crippen molar-refractivity contribution in [2.75, 3.05) is 7.11 Å². The topological polar surface area (TPSA) is 48.4 Å². The molecule has 0 saturated carbocycles. The normalized spacial score (nSPS) is 9.77. The molecule has 70 valence electrons. The second kappa shape index (κ2) is 4.20. The highest BCUT2D eigenvalue weighted by Gasteiger charge is 2.14. The van der Waals surface area contributed by atoms with E-state index in [1.54, 1.807) is 13.1 Å². The predicted octanol–water partition coefficient (Wildman–Crippen LogP) is 1.76. The van der Waals surface area contributed by atoms with Gasteiger partial charge in [-0.15, -0.1) is 0 Å². The number of nitrogens with zero attached hydrogens (tertiary/aromatic N) is 1. The Morgan fingerprint density at radius 3 is 2.85 bits per heavy atom. The van der Waals surface area contributed by atoms with Crippen molar-refractivity contribution in [1.82, 2.24) is 4.98 Å². The van der Waals surface area contributed by atoms with Gasteiger partial charge in [0.05, 0.1) is 17.7 Å². The second-order valence-corrected chi connectivity index (χ2v) is 2.73. The molecule has 0 fully saturated rings. The molecule has 1 rings (SSSR count). The zero-order valence-corrected chi connectivity index (χ0v) is 7.96. The Hall–Kier alpha value is -1.13. The minimum Gasteiger partial charge on any atom is -0.293 e. The summed E-state index contributed by atoms with van der Waals surface area (Å²) in [6.07, 6.45) is 2.89. The zero-order valence-electron chi connectivity index (χ0n) is 7.20. The third-order valence-corrected chi connectivity index (χ3v) is 1.94. The van der Waals surface area contributed by atoms with Crippen LogP contribution < -0.4 is 0 Å². The second-order valence-electron chi connectivity index (χ2n) is 2.36. The van der Waals surface area contributed by atoms with Crippen LogP contribution in [-0.2, 0) is 9.78 Å². The molecule has 0 bridgehead atoms. The lowest BCUT2D eigenvalue weighted by Crippen LogP contribution is -2.06. The molecule has 1 aromatic heterocycles. The molecule has 0 amide bonds. The van der Waals surface area contributed by atoms with Crippen LogP contribution in [0.5, 0.6) is 0 Å². The monoisotopic (exact) mass is 201 g/mol. The van der Waals surface area contributed by atoms with Crippen molar-refractivity contribution in [2.45, 2.75) is 6.92 Å². The quantitative estimate of drug-likeness (QED) is 0.541. The summed E-state index contributed by atoms with van der Waals surface area (Å²) in [5.74, 6) is -0.649. The zero-order chi connectivity index (χ0) is 9.84. The van der Waals surface area contributed by atoms with Gasteiger partial charge in [0.2, 0.25) is 0 Å². The van der Waals surface area contributed by atoms with E-state index < -0.39 is 5.97 Å². The Labute approximate surface area is 80.4 Å². The summed E-state index contributed by atoms with van der Waals surface area (Å²) in [5.41, 5.74) is 0.913. The molecule has 1 heterocycles. The van der Waals surface area contributed by atoms with E-state index in [4.69, 9.17) is 11.6 Å². The van der Waals surface area contributed by atoms with E-state index >= 15 is 0 Å². The molecular formula is C8H8ClNO3. The fourth-order valence-corrected chi connectivity index (χ4v) is 0.987. The maximum atomic E-state index is 11.1. The third-order valence-electron chi connectivity index (χ3n) is 1.43. The van der Waals surface area contributed by atoms with Crippen molar-refractivity contribution in [3.8, 4) is 0 Å². The van der Waals surface area contributed by atoms with Crippen molar-refractivity contribution in [1.29, 1.82) is 0 Å². The van der Waals surface area contributed by atoms with Crippen molar-refractivity contribution < 1.29 is 14.6 Å². The number of carbonyl (C=O) groups excluding carboxylic acids is 1. The SMILES string of the molecule is COOC(=O)c1cncc(C)c1Cl. The van der Waals surface area contributed by atoms with Gasteiger partial charge in [0.15, 0.2) is 0 Å². The fourth-order valence-electron chi connectivity index (χ4n) is 0.812. The van der Waals surface area contributed by atoms with Crippen LogP contribution in [0.1, 0.15) is 15.9 Å². The minimum atomic E-state index is -0.649. The van der Waals surface area contributed by atoms with Gasteiger partial charge in [-0.05, 0) is 12.5 Å². The number of aryl methyl sites for hydroxylation is 1. The Kier molecular flexibility index (Phi) is 3.22. The first-order valence-electron chi connectivity index (χ1n) is 3.52. The van der Waals surface area contributed by atoms with Gasteiger partial charge in [0.1, 0.15) is 0 Å². The molecule has 0 aromatic carbocycles. The lowest BCUT2D eigenvalue weighted by molar-refractivity contribution is -0.216. The number of hydrogen-bond donors (Lipinski definition) is 0. The molecule has 0 unspecified atom stereocenters. The van der Waals surface area contributed by atoms with Gasteiger partial charge in [-0.3, -0.25) is 9.87 Å². The lowest BCUT2D eigenvalue weighted by atomic mass is 10.2. The van der Waals surface area contributed by atoms with Gasteiger partial charge in [0, 0.05) is 12.4 Å². The average Bonchev–Trinajstić information content (AvgIpc) is 2.10. The first-order chi connectivity index (χ1) is 6.16. The first kappa shape index (κ1) is 9.95. The summed E-state index contributed by atoms with van der Waals surface area (Å²) in [4.78, 5) is 23.5. The molecule has 0 aliphatic rings. The summed E-state index contributed by atoms with van der Waals surface area (Å²) in [7, 11) is 1.25. The van der Waals surface area contributed by atoms with E-state index in [1.807, 2.05) is 0 Å². The largest absolute Gasteiger partial charge is 0.376 e. The standard InChI is InChI=1S/C8H8ClNO3/c1-5-3-10-4-6(7(5)9)8(11)13-12-2/h3-4H,1-2H3. The number of hydrogen-bond acceptors (Lipinski definition) is 4. The fraction of sp³-hybridized carbons (Fsp3) is 0.250.